The topological polar surface area (TPSA) is 45.8 Å². The first-order valence-corrected chi connectivity index (χ1v) is 3.99. The Kier molecular flexibility index (Phi) is 3.04. The number of nitriles is 1. The van der Waals surface area contributed by atoms with E-state index in [0.717, 1.165) is 6.42 Å². The summed E-state index contributed by atoms with van der Waals surface area (Å²) in [6.07, 6.45) is 4.03. The first-order chi connectivity index (χ1) is 6.27. The molecule has 0 unspecified atom stereocenters. The monoisotopic (exact) mass is 174 g/mol. The largest absolute Gasteiger partial charge is 0.314 e. The van der Waals surface area contributed by atoms with Crippen molar-refractivity contribution in [2.45, 2.75) is 13.0 Å². The molecular formula is C10H10N2O. The van der Waals surface area contributed by atoms with Crippen LogP contribution in [-0.2, 0) is 6.54 Å². The summed E-state index contributed by atoms with van der Waals surface area (Å²) in [5.74, 6) is 0. The minimum absolute atomic E-state index is 0.0825. The standard InChI is InChI=1S/C10H10N2O/c1-2-3-6-12-8-9(7-11)4-5-10(12)13/h2,4-5,8H,1,3,6H2. The van der Waals surface area contributed by atoms with Crippen LogP contribution in [0.15, 0.2) is 35.8 Å². The van der Waals surface area contributed by atoms with Crippen molar-refractivity contribution in [3.63, 3.8) is 0 Å². The van der Waals surface area contributed by atoms with Crippen LogP contribution < -0.4 is 5.56 Å². The maximum atomic E-state index is 11.2. The van der Waals surface area contributed by atoms with Crippen molar-refractivity contribution in [3.05, 3.63) is 46.9 Å². The Labute approximate surface area is 76.6 Å². The highest BCUT2D eigenvalue weighted by Crippen LogP contribution is 1.94. The van der Waals surface area contributed by atoms with Crippen molar-refractivity contribution in [2.75, 3.05) is 0 Å². The molecule has 0 spiro atoms. The van der Waals surface area contributed by atoms with E-state index in [1.54, 1.807) is 12.3 Å². The normalized spacial score (nSPS) is 9.15. The van der Waals surface area contributed by atoms with Crippen molar-refractivity contribution in [1.82, 2.24) is 4.57 Å². The highest BCUT2D eigenvalue weighted by Gasteiger charge is 1.95. The van der Waals surface area contributed by atoms with Crippen LogP contribution in [0.5, 0.6) is 0 Å². The summed E-state index contributed by atoms with van der Waals surface area (Å²) in [5, 5.41) is 8.59. The zero-order chi connectivity index (χ0) is 9.68. The zero-order valence-corrected chi connectivity index (χ0v) is 7.23. The fourth-order valence-electron chi connectivity index (χ4n) is 1.00. The van der Waals surface area contributed by atoms with Gasteiger partial charge in [0, 0.05) is 18.8 Å². The van der Waals surface area contributed by atoms with E-state index in [9.17, 15) is 4.79 Å². The molecule has 0 aliphatic rings. The summed E-state index contributed by atoms with van der Waals surface area (Å²) in [4.78, 5) is 11.2. The summed E-state index contributed by atoms with van der Waals surface area (Å²) >= 11 is 0. The van der Waals surface area contributed by atoms with Crippen molar-refractivity contribution in [3.8, 4) is 6.07 Å². The lowest BCUT2D eigenvalue weighted by molar-refractivity contribution is 0.680. The molecule has 1 rings (SSSR count). The van der Waals surface area contributed by atoms with Crippen LogP contribution in [0.3, 0.4) is 0 Å². The van der Waals surface area contributed by atoms with E-state index in [-0.39, 0.29) is 5.56 Å². The lowest BCUT2D eigenvalue weighted by Crippen LogP contribution is -2.18. The van der Waals surface area contributed by atoms with Crippen LogP contribution in [0.2, 0.25) is 0 Å². The molecule has 13 heavy (non-hydrogen) atoms. The summed E-state index contributed by atoms with van der Waals surface area (Å²) in [5.41, 5.74) is 0.421. The first-order valence-electron chi connectivity index (χ1n) is 3.99. The average Bonchev–Trinajstić information content (AvgIpc) is 2.17. The molecule has 0 atom stereocenters. The maximum absolute atomic E-state index is 11.2. The summed E-state index contributed by atoms with van der Waals surface area (Å²) in [7, 11) is 0. The molecule has 3 nitrogen and oxygen atoms in total. The molecule has 0 saturated heterocycles. The highest BCUT2D eigenvalue weighted by atomic mass is 16.1. The lowest BCUT2D eigenvalue weighted by Gasteiger charge is -2.02. The summed E-state index contributed by atoms with van der Waals surface area (Å²) in [6, 6.07) is 4.91. The van der Waals surface area contributed by atoms with E-state index < -0.39 is 0 Å². The van der Waals surface area contributed by atoms with Crippen LogP contribution in [-0.4, -0.2) is 4.57 Å². The van der Waals surface area contributed by atoms with Crippen LogP contribution >= 0.6 is 0 Å². The zero-order valence-electron chi connectivity index (χ0n) is 7.23. The molecule has 0 aliphatic carbocycles. The van der Waals surface area contributed by atoms with Gasteiger partial charge in [0.05, 0.1) is 5.56 Å². The van der Waals surface area contributed by atoms with E-state index in [4.69, 9.17) is 5.26 Å². The van der Waals surface area contributed by atoms with Crippen molar-refractivity contribution in [2.24, 2.45) is 0 Å². The number of allylic oxidation sites excluding steroid dienone is 1. The predicted molar refractivity (Wildman–Crippen MR) is 50.2 cm³/mol. The molecule has 3 heteroatoms. The minimum atomic E-state index is -0.0825. The second kappa shape index (κ2) is 4.27. The second-order valence-corrected chi connectivity index (χ2v) is 2.64. The Bertz CT molecular complexity index is 398. The van der Waals surface area contributed by atoms with E-state index in [0.29, 0.717) is 12.1 Å². The fourth-order valence-corrected chi connectivity index (χ4v) is 1.00. The van der Waals surface area contributed by atoms with Gasteiger partial charge in [-0.15, -0.1) is 6.58 Å². The van der Waals surface area contributed by atoms with Crippen molar-refractivity contribution >= 4 is 0 Å². The van der Waals surface area contributed by atoms with E-state index in [1.807, 2.05) is 6.07 Å². The third kappa shape index (κ3) is 2.31. The summed E-state index contributed by atoms with van der Waals surface area (Å²) < 4.78 is 1.51. The third-order valence-electron chi connectivity index (χ3n) is 1.69. The molecule has 0 aliphatic heterocycles. The first kappa shape index (κ1) is 9.27. The van der Waals surface area contributed by atoms with Crippen LogP contribution in [0.25, 0.3) is 0 Å². The SMILES string of the molecule is C=CCCn1cc(C#N)ccc1=O. The Morgan fingerprint density at radius 1 is 1.62 bits per heavy atom. The quantitative estimate of drug-likeness (QED) is 0.648. The molecule has 0 radical (unpaired) electrons. The van der Waals surface area contributed by atoms with Gasteiger partial charge in [0.2, 0.25) is 0 Å². The second-order valence-electron chi connectivity index (χ2n) is 2.64. The molecular weight excluding hydrogens is 164 g/mol. The van der Waals surface area contributed by atoms with Gasteiger partial charge in [-0.2, -0.15) is 5.26 Å². The van der Waals surface area contributed by atoms with Gasteiger partial charge >= 0.3 is 0 Å². The van der Waals surface area contributed by atoms with Gasteiger partial charge in [-0.1, -0.05) is 6.08 Å². The number of rotatable bonds is 3. The minimum Gasteiger partial charge on any atom is -0.314 e. The molecule has 0 amide bonds. The Balaban J connectivity index is 2.98. The van der Waals surface area contributed by atoms with Crippen molar-refractivity contribution in [1.29, 1.82) is 5.26 Å². The van der Waals surface area contributed by atoms with Crippen LogP contribution in [0.1, 0.15) is 12.0 Å². The van der Waals surface area contributed by atoms with Crippen molar-refractivity contribution < 1.29 is 0 Å². The van der Waals surface area contributed by atoms with Gasteiger partial charge in [-0.05, 0) is 12.5 Å². The van der Waals surface area contributed by atoms with E-state index in [1.165, 1.54) is 16.7 Å². The number of aryl methyl sites for hydroxylation is 1. The number of pyridine rings is 1. The van der Waals surface area contributed by atoms with E-state index in [2.05, 4.69) is 6.58 Å². The van der Waals surface area contributed by atoms with Gasteiger partial charge in [-0.25, -0.2) is 0 Å². The van der Waals surface area contributed by atoms with E-state index >= 15 is 0 Å². The molecule has 1 aromatic rings. The van der Waals surface area contributed by atoms with Crippen LogP contribution in [0.4, 0.5) is 0 Å². The van der Waals surface area contributed by atoms with Gasteiger partial charge in [0.1, 0.15) is 6.07 Å². The molecule has 0 bridgehead atoms. The van der Waals surface area contributed by atoms with Gasteiger partial charge in [0.25, 0.3) is 5.56 Å². The number of nitrogens with zero attached hydrogens (tertiary/aromatic N) is 2. The smallest absolute Gasteiger partial charge is 0.250 e. The van der Waals surface area contributed by atoms with Gasteiger partial charge < -0.3 is 4.57 Å². The number of hydrogen-bond donors (Lipinski definition) is 0. The van der Waals surface area contributed by atoms with Crippen LogP contribution in [0, 0.1) is 11.3 Å². The number of aromatic nitrogens is 1. The van der Waals surface area contributed by atoms with Gasteiger partial charge in [0.15, 0.2) is 0 Å². The number of hydrogen-bond acceptors (Lipinski definition) is 2. The molecule has 66 valence electrons. The predicted octanol–water partition coefficient (Wildman–Crippen LogP) is 1.30. The molecule has 1 aromatic heterocycles. The maximum Gasteiger partial charge on any atom is 0.250 e. The molecule has 0 saturated carbocycles. The molecule has 0 N–H and O–H groups in total. The summed E-state index contributed by atoms with van der Waals surface area (Å²) in [6.45, 7) is 4.15. The average molecular weight is 174 g/mol. The lowest BCUT2D eigenvalue weighted by atomic mass is 10.3. The molecule has 0 fully saturated rings. The third-order valence-corrected chi connectivity index (χ3v) is 1.69. The Hall–Kier alpha value is -1.82. The molecule has 1 heterocycles. The Morgan fingerprint density at radius 2 is 2.38 bits per heavy atom. The fraction of sp³-hybridized carbons (Fsp3) is 0.200. The Morgan fingerprint density at radius 3 is 3.00 bits per heavy atom. The molecule has 0 aromatic carbocycles. The van der Waals surface area contributed by atoms with Gasteiger partial charge in [-0.3, -0.25) is 4.79 Å². The highest BCUT2D eigenvalue weighted by molar-refractivity contribution is 5.24.